The van der Waals surface area contributed by atoms with E-state index in [2.05, 4.69) is 0 Å². The van der Waals surface area contributed by atoms with Crippen LogP contribution >= 0.6 is 23.2 Å². The zero-order valence-corrected chi connectivity index (χ0v) is 13.1. The molecule has 6 N–H and O–H groups in total. The lowest BCUT2D eigenvalue weighted by molar-refractivity contribution is -0.285. The SMILES string of the molecule is Nc1cc(Cl)cc(C(=O)O[C@H]2O[C@H](CO)[C@@H](O)[C@H](O)[C@H]2O)c1Cl. The summed E-state index contributed by atoms with van der Waals surface area (Å²) in [6.45, 7) is -0.649. The Morgan fingerprint density at radius 3 is 2.48 bits per heavy atom. The summed E-state index contributed by atoms with van der Waals surface area (Å²) in [7, 11) is 0. The normalized spacial score (nSPS) is 31.0. The molecule has 0 spiro atoms. The second-order valence-corrected chi connectivity index (χ2v) is 5.77. The Morgan fingerprint density at radius 2 is 1.87 bits per heavy atom. The highest BCUT2D eigenvalue weighted by atomic mass is 35.5. The number of rotatable bonds is 3. The molecular formula is C13H15Cl2NO7. The van der Waals surface area contributed by atoms with E-state index in [4.69, 9.17) is 43.5 Å². The van der Waals surface area contributed by atoms with Crippen molar-refractivity contribution in [2.75, 3.05) is 12.3 Å². The maximum Gasteiger partial charge on any atom is 0.342 e. The Bertz CT molecular complexity index is 598. The van der Waals surface area contributed by atoms with Crippen molar-refractivity contribution in [3.05, 3.63) is 27.7 Å². The van der Waals surface area contributed by atoms with Crippen LogP contribution in [0.1, 0.15) is 10.4 Å². The number of aliphatic hydroxyl groups is 4. The second kappa shape index (κ2) is 7.18. The average Bonchev–Trinajstić information content (AvgIpc) is 2.51. The van der Waals surface area contributed by atoms with Crippen molar-refractivity contribution < 1.29 is 34.7 Å². The van der Waals surface area contributed by atoms with Crippen molar-refractivity contribution in [1.82, 2.24) is 0 Å². The summed E-state index contributed by atoms with van der Waals surface area (Å²) < 4.78 is 10.0. The number of nitrogen functional groups attached to an aromatic ring is 1. The lowest BCUT2D eigenvalue weighted by atomic mass is 9.99. The summed E-state index contributed by atoms with van der Waals surface area (Å²) in [5.41, 5.74) is 5.49. The largest absolute Gasteiger partial charge is 0.429 e. The summed E-state index contributed by atoms with van der Waals surface area (Å²) in [4.78, 5) is 12.1. The number of aliphatic hydroxyl groups excluding tert-OH is 4. The highest BCUT2D eigenvalue weighted by molar-refractivity contribution is 6.37. The monoisotopic (exact) mass is 367 g/mol. The number of esters is 1. The predicted octanol–water partition coefficient (Wildman–Crippen LogP) is -0.468. The van der Waals surface area contributed by atoms with Gasteiger partial charge in [0.15, 0.2) is 0 Å². The molecule has 0 radical (unpaired) electrons. The fourth-order valence-electron chi connectivity index (χ4n) is 2.09. The van der Waals surface area contributed by atoms with Crippen LogP contribution < -0.4 is 5.73 Å². The van der Waals surface area contributed by atoms with E-state index < -0.39 is 43.3 Å². The maximum atomic E-state index is 12.1. The van der Waals surface area contributed by atoms with Crippen LogP contribution in [0.2, 0.25) is 10.0 Å². The highest BCUT2D eigenvalue weighted by Crippen LogP contribution is 2.30. The van der Waals surface area contributed by atoms with Crippen molar-refractivity contribution in [3.63, 3.8) is 0 Å². The molecule has 8 nitrogen and oxygen atoms in total. The molecule has 1 saturated heterocycles. The number of anilines is 1. The van der Waals surface area contributed by atoms with Gasteiger partial charge >= 0.3 is 5.97 Å². The van der Waals surface area contributed by atoms with E-state index in [0.717, 1.165) is 0 Å². The highest BCUT2D eigenvalue weighted by Gasteiger charge is 2.45. The number of carbonyl (C=O) groups is 1. The van der Waals surface area contributed by atoms with Gasteiger partial charge in [-0.3, -0.25) is 0 Å². The van der Waals surface area contributed by atoms with Gasteiger partial charge < -0.3 is 35.6 Å². The molecule has 1 fully saturated rings. The summed E-state index contributed by atoms with van der Waals surface area (Å²) in [6.07, 6.45) is -7.76. The number of halogens is 2. The molecule has 0 aromatic heterocycles. The van der Waals surface area contributed by atoms with Gasteiger partial charge in [-0.2, -0.15) is 0 Å². The van der Waals surface area contributed by atoms with Crippen LogP contribution in [-0.2, 0) is 9.47 Å². The fourth-order valence-corrected chi connectivity index (χ4v) is 2.51. The summed E-state index contributed by atoms with van der Waals surface area (Å²) in [5, 5.41) is 38.2. The van der Waals surface area contributed by atoms with Crippen LogP contribution in [0.3, 0.4) is 0 Å². The van der Waals surface area contributed by atoms with Gasteiger partial charge in [0.1, 0.15) is 24.4 Å². The molecule has 0 bridgehead atoms. The quantitative estimate of drug-likeness (QED) is 0.356. The van der Waals surface area contributed by atoms with Crippen LogP contribution in [0.4, 0.5) is 5.69 Å². The smallest absolute Gasteiger partial charge is 0.342 e. The van der Waals surface area contributed by atoms with E-state index in [0.29, 0.717) is 0 Å². The van der Waals surface area contributed by atoms with E-state index in [1.165, 1.54) is 12.1 Å². The second-order valence-electron chi connectivity index (χ2n) is 4.96. The van der Waals surface area contributed by atoms with Gasteiger partial charge in [-0.1, -0.05) is 23.2 Å². The molecule has 0 aliphatic carbocycles. The molecule has 5 atom stereocenters. The molecule has 0 saturated carbocycles. The molecule has 128 valence electrons. The molecular weight excluding hydrogens is 353 g/mol. The standard InChI is InChI=1S/C13H15Cl2NO7/c14-4-1-5(8(15)6(16)2-4)12(21)23-13-11(20)10(19)9(18)7(3-17)22-13/h1-2,7,9-11,13,17-20H,3,16H2/t7-,9-,10+,11-,13-/m1/s1. The molecule has 10 heteroatoms. The van der Waals surface area contributed by atoms with Gasteiger partial charge in [0.05, 0.1) is 22.9 Å². The van der Waals surface area contributed by atoms with Crippen molar-refractivity contribution in [3.8, 4) is 0 Å². The number of ether oxygens (including phenoxy) is 2. The first-order valence-corrected chi connectivity index (χ1v) is 7.28. The molecule has 1 aromatic carbocycles. The summed E-state index contributed by atoms with van der Waals surface area (Å²) in [5.74, 6) is -1.01. The Labute approximate surface area is 140 Å². The first-order valence-electron chi connectivity index (χ1n) is 6.52. The number of nitrogens with two attached hydrogens (primary N) is 1. The van der Waals surface area contributed by atoms with Crippen LogP contribution in [0.15, 0.2) is 12.1 Å². The van der Waals surface area contributed by atoms with Crippen LogP contribution in [-0.4, -0.2) is 63.7 Å². The number of benzene rings is 1. The molecule has 23 heavy (non-hydrogen) atoms. The predicted molar refractivity (Wildman–Crippen MR) is 80.1 cm³/mol. The first kappa shape index (κ1) is 18.2. The fraction of sp³-hybridized carbons (Fsp3) is 0.462. The molecule has 2 rings (SSSR count). The third-order valence-corrected chi connectivity index (χ3v) is 4.00. The van der Waals surface area contributed by atoms with E-state index in [1.54, 1.807) is 0 Å². The molecule has 0 amide bonds. The van der Waals surface area contributed by atoms with Gasteiger partial charge in [-0.05, 0) is 12.1 Å². The Kier molecular flexibility index (Phi) is 5.69. The van der Waals surface area contributed by atoms with Crippen molar-refractivity contribution in [1.29, 1.82) is 0 Å². The zero-order chi connectivity index (χ0) is 17.3. The third-order valence-electron chi connectivity index (χ3n) is 3.36. The van der Waals surface area contributed by atoms with Gasteiger partial charge in [-0.25, -0.2) is 4.79 Å². The molecule has 1 aliphatic rings. The molecule has 1 heterocycles. The van der Waals surface area contributed by atoms with Crippen LogP contribution in [0.5, 0.6) is 0 Å². The van der Waals surface area contributed by atoms with Gasteiger partial charge in [0.25, 0.3) is 0 Å². The molecule has 1 aliphatic heterocycles. The van der Waals surface area contributed by atoms with E-state index in [9.17, 15) is 20.1 Å². The van der Waals surface area contributed by atoms with E-state index >= 15 is 0 Å². The lowest BCUT2D eigenvalue weighted by Gasteiger charge is -2.39. The summed E-state index contributed by atoms with van der Waals surface area (Å²) >= 11 is 11.7. The van der Waals surface area contributed by atoms with Crippen LogP contribution in [0.25, 0.3) is 0 Å². The van der Waals surface area contributed by atoms with Crippen LogP contribution in [0, 0.1) is 0 Å². The molecule has 1 aromatic rings. The van der Waals surface area contributed by atoms with Gasteiger partial charge in [-0.15, -0.1) is 0 Å². The van der Waals surface area contributed by atoms with E-state index in [-0.39, 0.29) is 21.3 Å². The Morgan fingerprint density at radius 1 is 1.22 bits per heavy atom. The average molecular weight is 368 g/mol. The van der Waals surface area contributed by atoms with Gasteiger partial charge in [0.2, 0.25) is 6.29 Å². The third kappa shape index (κ3) is 3.69. The minimum Gasteiger partial charge on any atom is -0.429 e. The number of carbonyl (C=O) groups excluding carboxylic acids is 1. The van der Waals surface area contributed by atoms with E-state index in [1.807, 2.05) is 0 Å². The minimum atomic E-state index is -1.72. The van der Waals surface area contributed by atoms with Gasteiger partial charge in [0, 0.05) is 5.02 Å². The zero-order valence-electron chi connectivity index (χ0n) is 11.6. The maximum absolute atomic E-state index is 12.1. The van der Waals surface area contributed by atoms with Crippen molar-refractivity contribution >= 4 is 34.9 Å². The lowest BCUT2D eigenvalue weighted by Crippen LogP contribution is -2.59. The molecule has 0 unspecified atom stereocenters. The Balaban J connectivity index is 2.19. The number of hydrogen-bond donors (Lipinski definition) is 5. The topological polar surface area (TPSA) is 142 Å². The first-order chi connectivity index (χ1) is 10.8. The van der Waals surface area contributed by atoms with Crippen molar-refractivity contribution in [2.24, 2.45) is 0 Å². The minimum absolute atomic E-state index is 0.0555. The van der Waals surface area contributed by atoms with Crippen molar-refractivity contribution in [2.45, 2.75) is 30.7 Å². The summed E-state index contributed by atoms with van der Waals surface area (Å²) in [6, 6.07) is 2.56. The number of hydrogen-bond acceptors (Lipinski definition) is 8. The Hall–Kier alpha value is -1.13.